The lowest BCUT2D eigenvalue weighted by molar-refractivity contribution is -0.169. The Kier molecular flexibility index (Phi) is 4.55. The SMILES string of the molecule is CC(=O)O[C@@H]1CC[C@@]2(C)C(CC[C@H]3[C@@H]4CC[C@H](C(C)=O)[C@@]4(C)CC(=O)[C@@H]32)C1. The molecule has 0 aliphatic heterocycles. The Morgan fingerprint density at radius 1 is 1.00 bits per heavy atom. The third-order valence-corrected chi connectivity index (χ3v) is 9.12. The van der Waals surface area contributed by atoms with Crippen LogP contribution in [0.1, 0.15) is 79.1 Å². The molecule has 4 saturated carbocycles. The number of carbonyl (C=O) groups is 3. The van der Waals surface area contributed by atoms with Crippen LogP contribution in [0.25, 0.3) is 0 Å². The summed E-state index contributed by atoms with van der Waals surface area (Å²) >= 11 is 0. The topological polar surface area (TPSA) is 60.4 Å². The molecule has 8 atom stereocenters. The van der Waals surface area contributed by atoms with Crippen LogP contribution in [0.4, 0.5) is 0 Å². The third-order valence-electron chi connectivity index (χ3n) is 9.12. The first kappa shape index (κ1) is 19.1. The Bertz CT molecular complexity index is 669. The van der Waals surface area contributed by atoms with Crippen LogP contribution >= 0.6 is 0 Å². The van der Waals surface area contributed by atoms with E-state index < -0.39 is 0 Å². The zero-order chi connectivity index (χ0) is 19.6. The number of hydrogen-bond donors (Lipinski definition) is 0. The van der Waals surface area contributed by atoms with Gasteiger partial charge in [-0.3, -0.25) is 14.4 Å². The normalized spacial score (nSPS) is 49.0. The summed E-state index contributed by atoms with van der Waals surface area (Å²) in [6.07, 6.45) is 7.64. The Balaban J connectivity index is 1.60. The van der Waals surface area contributed by atoms with Crippen molar-refractivity contribution < 1.29 is 19.1 Å². The standard InChI is InChI=1S/C23H34O4/c1-13(24)18-7-8-19-17-6-5-15-11-16(27-14(2)25)9-10-22(15,3)21(17)20(26)12-23(18,19)4/h15-19,21H,5-12H2,1-4H3/t15?,16-,17+,18-,19+,21-,22+,23-/m1/s1. The molecule has 4 nitrogen and oxygen atoms in total. The fourth-order valence-corrected chi connectivity index (χ4v) is 8.04. The molecule has 150 valence electrons. The number of esters is 1. The molecule has 0 aromatic carbocycles. The van der Waals surface area contributed by atoms with E-state index in [9.17, 15) is 14.4 Å². The highest BCUT2D eigenvalue weighted by Gasteiger charge is 2.63. The van der Waals surface area contributed by atoms with Gasteiger partial charge in [0.2, 0.25) is 0 Å². The van der Waals surface area contributed by atoms with Crippen LogP contribution in [0.5, 0.6) is 0 Å². The second kappa shape index (κ2) is 6.42. The predicted octanol–water partition coefficient (Wildman–Crippen LogP) is 4.35. The maximum atomic E-state index is 13.5. The highest BCUT2D eigenvalue weighted by Crippen LogP contribution is 2.66. The van der Waals surface area contributed by atoms with Gasteiger partial charge >= 0.3 is 5.97 Å². The number of Topliss-reactive ketones (excluding diaryl/α,β-unsaturated/α-hetero) is 2. The molecule has 0 aromatic heterocycles. The summed E-state index contributed by atoms with van der Waals surface area (Å²) in [6, 6.07) is 0. The molecule has 0 spiro atoms. The van der Waals surface area contributed by atoms with Gasteiger partial charge in [0, 0.05) is 25.2 Å². The first-order chi connectivity index (χ1) is 12.7. The summed E-state index contributed by atoms with van der Waals surface area (Å²) in [5.74, 6) is 2.11. The summed E-state index contributed by atoms with van der Waals surface area (Å²) < 4.78 is 5.51. The van der Waals surface area contributed by atoms with E-state index in [0.29, 0.717) is 30.0 Å². The van der Waals surface area contributed by atoms with Gasteiger partial charge in [0.15, 0.2) is 0 Å². The number of hydrogen-bond acceptors (Lipinski definition) is 4. The fraction of sp³-hybridized carbons (Fsp3) is 0.870. The van der Waals surface area contributed by atoms with E-state index in [0.717, 1.165) is 44.9 Å². The molecule has 27 heavy (non-hydrogen) atoms. The minimum absolute atomic E-state index is 0.0228. The van der Waals surface area contributed by atoms with Crippen molar-refractivity contribution in [3.8, 4) is 0 Å². The molecule has 4 fully saturated rings. The minimum atomic E-state index is -0.192. The van der Waals surface area contributed by atoms with Crippen LogP contribution < -0.4 is 0 Å². The van der Waals surface area contributed by atoms with Gasteiger partial charge in [-0.15, -0.1) is 0 Å². The molecule has 4 aliphatic carbocycles. The van der Waals surface area contributed by atoms with Crippen molar-refractivity contribution in [1.82, 2.24) is 0 Å². The molecule has 0 N–H and O–H groups in total. The monoisotopic (exact) mass is 374 g/mol. The highest BCUT2D eigenvalue weighted by atomic mass is 16.5. The van der Waals surface area contributed by atoms with Crippen molar-refractivity contribution in [3.05, 3.63) is 0 Å². The van der Waals surface area contributed by atoms with E-state index in [4.69, 9.17) is 4.74 Å². The smallest absolute Gasteiger partial charge is 0.302 e. The van der Waals surface area contributed by atoms with Gasteiger partial charge < -0.3 is 4.74 Å². The van der Waals surface area contributed by atoms with Crippen molar-refractivity contribution >= 4 is 17.5 Å². The Labute approximate surface area is 162 Å². The predicted molar refractivity (Wildman–Crippen MR) is 102 cm³/mol. The third kappa shape index (κ3) is 2.81. The largest absolute Gasteiger partial charge is 0.463 e. The molecule has 4 heteroatoms. The van der Waals surface area contributed by atoms with Gasteiger partial charge in [0.25, 0.3) is 0 Å². The van der Waals surface area contributed by atoms with E-state index in [1.807, 2.05) is 0 Å². The molecular weight excluding hydrogens is 340 g/mol. The lowest BCUT2D eigenvalue weighted by Gasteiger charge is -2.59. The van der Waals surface area contributed by atoms with Crippen molar-refractivity contribution in [2.75, 3.05) is 0 Å². The fourth-order valence-electron chi connectivity index (χ4n) is 8.04. The minimum Gasteiger partial charge on any atom is -0.463 e. The molecule has 0 aromatic rings. The number of fused-ring (bicyclic) bond motifs is 5. The number of ketones is 2. The number of rotatable bonds is 2. The van der Waals surface area contributed by atoms with E-state index >= 15 is 0 Å². The van der Waals surface area contributed by atoms with Crippen molar-refractivity contribution in [3.63, 3.8) is 0 Å². The maximum Gasteiger partial charge on any atom is 0.302 e. The summed E-state index contributed by atoms with van der Waals surface area (Å²) in [4.78, 5) is 37.1. The average Bonchev–Trinajstić information content (AvgIpc) is 2.91. The quantitative estimate of drug-likeness (QED) is 0.675. The number of ether oxygens (including phenoxy) is 1. The molecule has 0 saturated heterocycles. The van der Waals surface area contributed by atoms with Gasteiger partial charge in [0.05, 0.1) is 0 Å². The van der Waals surface area contributed by atoms with E-state index in [1.54, 1.807) is 6.92 Å². The first-order valence-corrected chi connectivity index (χ1v) is 10.9. The van der Waals surface area contributed by atoms with Crippen LogP contribution in [-0.4, -0.2) is 23.6 Å². The molecular formula is C23H34O4. The maximum absolute atomic E-state index is 13.5. The van der Waals surface area contributed by atoms with Crippen molar-refractivity contribution in [1.29, 1.82) is 0 Å². The summed E-state index contributed by atoms with van der Waals surface area (Å²) in [7, 11) is 0. The van der Waals surface area contributed by atoms with Crippen LogP contribution in [0.2, 0.25) is 0 Å². The summed E-state index contributed by atoms with van der Waals surface area (Å²) in [5, 5.41) is 0. The molecule has 0 amide bonds. The van der Waals surface area contributed by atoms with Gasteiger partial charge in [-0.05, 0) is 80.5 Å². The molecule has 0 heterocycles. The van der Waals surface area contributed by atoms with Crippen molar-refractivity contribution in [2.45, 2.75) is 85.2 Å². The van der Waals surface area contributed by atoms with Gasteiger partial charge in [-0.2, -0.15) is 0 Å². The zero-order valence-electron chi connectivity index (χ0n) is 17.3. The van der Waals surface area contributed by atoms with Gasteiger partial charge in [-0.1, -0.05) is 13.8 Å². The molecule has 4 rings (SSSR count). The van der Waals surface area contributed by atoms with Crippen LogP contribution in [-0.2, 0) is 19.1 Å². The Morgan fingerprint density at radius 2 is 1.74 bits per heavy atom. The lowest BCUT2D eigenvalue weighted by Crippen LogP contribution is -2.58. The van der Waals surface area contributed by atoms with E-state index in [1.165, 1.54) is 6.92 Å². The highest BCUT2D eigenvalue weighted by molar-refractivity contribution is 5.87. The molecule has 1 unspecified atom stereocenters. The molecule has 4 aliphatic rings. The summed E-state index contributed by atoms with van der Waals surface area (Å²) in [6.45, 7) is 7.75. The van der Waals surface area contributed by atoms with E-state index in [-0.39, 0.29) is 40.5 Å². The first-order valence-electron chi connectivity index (χ1n) is 10.9. The van der Waals surface area contributed by atoms with Gasteiger partial charge in [-0.25, -0.2) is 0 Å². The summed E-state index contributed by atoms with van der Waals surface area (Å²) in [5.41, 5.74) is -0.0888. The average molecular weight is 375 g/mol. The van der Waals surface area contributed by atoms with Crippen molar-refractivity contribution in [2.24, 2.45) is 40.4 Å². The number of carbonyl (C=O) groups excluding carboxylic acids is 3. The van der Waals surface area contributed by atoms with Gasteiger partial charge in [0.1, 0.15) is 17.7 Å². The second-order valence-corrected chi connectivity index (χ2v) is 10.4. The Hall–Kier alpha value is -1.19. The van der Waals surface area contributed by atoms with E-state index in [2.05, 4.69) is 13.8 Å². The molecule has 0 bridgehead atoms. The lowest BCUT2D eigenvalue weighted by atomic mass is 9.44. The Morgan fingerprint density at radius 3 is 2.41 bits per heavy atom. The molecule has 0 radical (unpaired) electrons. The second-order valence-electron chi connectivity index (χ2n) is 10.4. The zero-order valence-corrected chi connectivity index (χ0v) is 17.3. The van der Waals surface area contributed by atoms with Crippen LogP contribution in [0, 0.1) is 40.4 Å². The van der Waals surface area contributed by atoms with Crippen LogP contribution in [0.15, 0.2) is 0 Å². The van der Waals surface area contributed by atoms with Crippen LogP contribution in [0.3, 0.4) is 0 Å².